The number of likely N-dealkylation sites (tertiary alicyclic amines) is 1. The number of ether oxygens (including phenoxy) is 1. The van der Waals surface area contributed by atoms with Crippen LogP contribution in [-0.2, 0) is 26.3 Å². The average molecular weight is 504 g/mol. The van der Waals surface area contributed by atoms with Crippen LogP contribution in [0.25, 0.3) is 5.76 Å². The largest absolute Gasteiger partial charge is 0.507 e. The van der Waals surface area contributed by atoms with E-state index in [9.17, 15) is 19.5 Å². The van der Waals surface area contributed by atoms with Crippen LogP contribution < -0.4 is 9.64 Å². The molecular weight excluding hydrogens is 470 g/mol. The number of carbonyl (C=O) groups is 3. The van der Waals surface area contributed by atoms with Gasteiger partial charge in [0.05, 0.1) is 11.3 Å². The fourth-order valence-corrected chi connectivity index (χ4v) is 5.87. The molecule has 0 aliphatic carbocycles. The molecule has 1 N–H and O–H groups in total. The molecule has 8 nitrogen and oxygen atoms in total. The molecule has 8 heteroatoms. The van der Waals surface area contributed by atoms with Crippen molar-refractivity contribution in [2.24, 2.45) is 0 Å². The molecule has 1 fully saturated rings. The van der Waals surface area contributed by atoms with Crippen molar-refractivity contribution >= 4 is 29.0 Å². The van der Waals surface area contributed by atoms with Gasteiger partial charge in [0, 0.05) is 30.6 Å². The van der Waals surface area contributed by atoms with Crippen molar-refractivity contribution < 1.29 is 24.2 Å². The highest BCUT2D eigenvalue weighted by atomic mass is 16.5. The zero-order valence-corrected chi connectivity index (χ0v) is 21.8. The van der Waals surface area contributed by atoms with Gasteiger partial charge in [-0.1, -0.05) is 25.1 Å². The van der Waals surface area contributed by atoms with E-state index >= 15 is 0 Å². The van der Waals surface area contributed by atoms with Gasteiger partial charge in [0.15, 0.2) is 5.54 Å². The Morgan fingerprint density at radius 2 is 1.89 bits per heavy atom. The highest BCUT2D eigenvalue weighted by Gasteiger charge is 2.66. The molecule has 2 aromatic carbocycles. The van der Waals surface area contributed by atoms with Gasteiger partial charge >= 0.3 is 0 Å². The first kappa shape index (κ1) is 25.0. The van der Waals surface area contributed by atoms with Crippen molar-refractivity contribution in [2.45, 2.75) is 44.8 Å². The maximum Gasteiger partial charge on any atom is 0.296 e. The number of anilines is 1. The number of ketones is 1. The normalized spacial score (nSPS) is 23.8. The number of para-hydroxylation sites is 1. The SMILES string of the molecule is CCCN1C(=O)[C@]2(C(=C(O)c3ccc4c(c3)C[C@@H](C)O4)C(=O)C(=O)N2CCCN(C)C)c2ccccc21. The van der Waals surface area contributed by atoms with E-state index in [1.54, 1.807) is 35.2 Å². The molecule has 0 bridgehead atoms. The summed E-state index contributed by atoms with van der Waals surface area (Å²) >= 11 is 0. The van der Waals surface area contributed by atoms with Crippen LogP contribution >= 0.6 is 0 Å². The number of amides is 2. The Labute approximate surface area is 217 Å². The van der Waals surface area contributed by atoms with E-state index in [-0.39, 0.29) is 29.9 Å². The van der Waals surface area contributed by atoms with Crippen LogP contribution in [0, 0.1) is 0 Å². The number of hydrogen-bond donors (Lipinski definition) is 1. The van der Waals surface area contributed by atoms with Crippen LogP contribution in [0.3, 0.4) is 0 Å². The molecule has 0 aromatic heterocycles. The van der Waals surface area contributed by atoms with Crippen LogP contribution in [0.5, 0.6) is 5.75 Å². The van der Waals surface area contributed by atoms with E-state index in [0.717, 1.165) is 11.3 Å². The molecule has 3 aliphatic heterocycles. The van der Waals surface area contributed by atoms with Crippen LogP contribution in [0.15, 0.2) is 48.0 Å². The number of Topliss-reactive ketones (excluding diaryl/α,β-unsaturated/α-hetero) is 1. The van der Waals surface area contributed by atoms with Crippen molar-refractivity contribution in [3.63, 3.8) is 0 Å². The summed E-state index contributed by atoms with van der Waals surface area (Å²) in [6.45, 7) is 5.26. The van der Waals surface area contributed by atoms with E-state index in [1.165, 1.54) is 4.90 Å². The third-order valence-electron chi connectivity index (χ3n) is 7.41. The first-order valence-electron chi connectivity index (χ1n) is 12.9. The Kier molecular flexibility index (Phi) is 6.31. The Morgan fingerprint density at radius 3 is 2.62 bits per heavy atom. The number of nitrogens with zero attached hydrogens (tertiary/aromatic N) is 3. The zero-order valence-electron chi connectivity index (χ0n) is 21.8. The molecule has 2 amide bonds. The van der Waals surface area contributed by atoms with Gasteiger partial charge in [-0.25, -0.2) is 0 Å². The number of benzene rings is 2. The van der Waals surface area contributed by atoms with Crippen LogP contribution in [0.1, 0.15) is 43.4 Å². The molecule has 194 valence electrons. The van der Waals surface area contributed by atoms with Crippen molar-refractivity contribution in [1.82, 2.24) is 9.80 Å². The first-order valence-corrected chi connectivity index (χ1v) is 12.9. The van der Waals surface area contributed by atoms with Crippen LogP contribution in [-0.4, -0.2) is 72.3 Å². The molecule has 5 rings (SSSR count). The fourth-order valence-electron chi connectivity index (χ4n) is 5.87. The molecule has 0 saturated carbocycles. The second-order valence-electron chi connectivity index (χ2n) is 10.3. The summed E-state index contributed by atoms with van der Waals surface area (Å²) in [4.78, 5) is 46.6. The van der Waals surface area contributed by atoms with E-state index in [2.05, 4.69) is 0 Å². The maximum absolute atomic E-state index is 14.4. The Hall–Kier alpha value is -3.65. The number of carbonyl (C=O) groups excluding carboxylic acids is 3. The third-order valence-corrected chi connectivity index (χ3v) is 7.41. The Bertz CT molecular complexity index is 1320. The monoisotopic (exact) mass is 503 g/mol. The molecule has 2 atom stereocenters. The molecular formula is C29H33N3O5. The minimum atomic E-state index is -1.71. The standard InChI is InChI=1S/C29H33N3O5/c1-5-13-31-22-10-7-6-9-21(22)29(28(31)36)24(26(34)27(35)32(29)15-8-14-30(3)4)25(33)19-11-12-23-20(17-19)16-18(2)37-23/h6-7,9-12,17-18,33H,5,8,13-16H2,1-4H3/t18-,29-/m1/s1. The summed E-state index contributed by atoms with van der Waals surface area (Å²) < 4.78 is 5.79. The van der Waals surface area contributed by atoms with Gasteiger partial charge in [0.25, 0.3) is 17.6 Å². The minimum Gasteiger partial charge on any atom is -0.507 e. The molecule has 3 heterocycles. The summed E-state index contributed by atoms with van der Waals surface area (Å²) in [6, 6.07) is 12.5. The van der Waals surface area contributed by atoms with Gasteiger partial charge in [0.2, 0.25) is 0 Å². The second-order valence-corrected chi connectivity index (χ2v) is 10.3. The van der Waals surface area contributed by atoms with E-state index in [0.29, 0.717) is 49.2 Å². The van der Waals surface area contributed by atoms with Gasteiger partial charge in [-0.15, -0.1) is 0 Å². The zero-order chi connectivity index (χ0) is 26.5. The third kappa shape index (κ3) is 3.73. The predicted octanol–water partition coefficient (Wildman–Crippen LogP) is 3.29. The molecule has 0 unspecified atom stereocenters. The van der Waals surface area contributed by atoms with Gasteiger partial charge in [0.1, 0.15) is 17.6 Å². The minimum absolute atomic E-state index is 0.0131. The van der Waals surface area contributed by atoms with Crippen LogP contribution in [0.4, 0.5) is 5.69 Å². The number of aliphatic hydroxyl groups excluding tert-OH is 1. The van der Waals surface area contributed by atoms with Gasteiger partial charge < -0.3 is 24.5 Å². The van der Waals surface area contributed by atoms with Gasteiger partial charge in [-0.3, -0.25) is 14.4 Å². The van der Waals surface area contributed by atoms with Crippen molar-refractivity contribution in [1.29, 1.82) is 0 Å². The number of hydrogen-bond acceptors (Lipinski definition) is 6. The Balaban J connectivity index is 1.73. The molecule has 37 heavy (non-hydrogen) atoms. The molecule has 0 radical (unpaired) electrons. The number of fused-ring (bicyclic) bond motifs is 3. The van der Waals surface area contributed by atoms with E-state index < -0.39 is 17.2 Å². The molecule has 1 saturated heterocycles. The highest BCUT2D eigenvalue weighted by molar-refractivity contribution is 6.50. The molecule has 1 spiro atoms. The maximum atomic E-state index is 14.4. The topological polar surface area (TPSA) is 90.4 Å². The van der Waals surface area contributed by atoms with Crippen molar-refractivity contribution in [2.75, 3.05) is 38.6 Å². The molecule has 3 aliphatic rings. The van der Waals surface area contributed by atoms with Crippen molar-refractivity contribution in [3.05, 3.63) is 64.7 Å². The fraction of sp³-hybridized carbons (Fsp3) is 0.414. The lowest BCUT2D eigenvalue weighted by Crippen LogP contribution is -2.52. The summed E-state index contributed by atoms with van der Waals surface area (Å²) in [7, 11) is 3.86. The Morgan fingerprint density at radius 1 is 1.14 bits per heavy atom. The number of rotatable bonds is 7. The lowest BCUT2D eigenvalue weighted by molar-refractivity contribution is -0.143. The highest BCUT2D eigenvalue weighted by Crippen LogP contribution is 2.53. The number of aliphatic hydroxyl groups is 1. The van der Waals surface area contributed by atoms with E-state index in [1.807, 2.05) is 45.0 Å². The van der Waals surface area contributed by atoms with Gasteiger partial charge in [-0.2, -0.15) is 0 Å². The van der Waals surface area contributed by atoms with E-state index in [4.69, 9.17) is 4.74 Å². The summed E-state index contributed by atoms with van der Waals surface area (Å²) in [5.41, 5.74) is 0.649. The van der Waals surface area contributed by atoms with Crippen LogP contribution in [0.2, 0.25) is 0 Å². The van der Waals surface area contributed by atoms with Gasteiger partial charge in [-0.05, 0) is 70.2 Å². The average Bonchev–Trinajstić information content (AvgIpc) is 3.44. The lowest BCUT2D eigenvalue weighted by Gasteiger charge is -2.34. The lowest BCUT2D eigenvalue weighted by atomic mass is 9.81. The quantitative estimate of drug-likeness (QED) is 0.354. The summed E-state index contributed by atoms with van der Waals surface area (Å²) in [5.74, 6) is -1.58. The smallest absolute Gasteiger partial charge is 0.296 e. The summed E-state index contributed by atoms with van der Waals surface area (Å²) in [5, 5.41) is 11.7. The molecule has 2 aromatic rings. The predicted molar refractivity (Wildman–Crippen MR) is 140 cm³/mol. The first-order chi connectivity index (χ1) is 17.7. The van der Waals surface area contributed by atoms with Crippen molar-refractivity contribution in [3.8, 4) is 5.75 Å². The summed E-state index contributed by atoms with van der Waals surface area (Å²) in [6.07, 6.45) is 1.96. The second kappa shape index (κ2) is 9.34.